The molecule has 0 unspecified atom stereocenters. The number of rotatable bonds is 3. The van der Waals surface area contributed by atoms with Gasteiger partial charge in [-0.25, -0.2) is 0 Å². The molecule has 1 heterocycles. The molecule has 0 spiro atoms. The molecule has 104 valence electrons. The summed E-state index contributed by atoms with van der Waals surface area (Å²) in [6.45, 7) is 5.27. The highest BCUT2D eigenvalue weighted by atomic mass is 19.4. The molecule has 0 saturated heterocycles. The molecule has 0 atom stereocenters. The van der Waals surface area contributed by atoms with E-state index in [2.05, 4.69) is 19.9 Å². The fourth-order valence-electron chi connectivity index (χ4n) is 0.914. The van der Waals surface area contributed by atoms with Crippen molar-refractivity contribution < 1.29 is 26.4 Å². The summed E-state index contributed by atoms with van der Waals surface area (Å²) < 4.78 is 66.0. The van der Waals surface area contributed by atoms with Gasteiger partial charge in [-0.15, -0.1) is 10.2 Å². The Bertz CT molecular complexity index is 407. The summed E-state index contributed by atoms with van der Waals surface area (Å²) in [6.07, 6.45) is -5.76. The number of hydrogen-bond donors (Lipinski definition) is 1. The molecule has 0 aromatic carbocycles. The van der Waals surface area contributed by atoms with Crippen LogP contribution in [0, 0.1) is 0 Å². The molecule has 0 aliphatic carbocycles. The normalized spacial score (nSPS) is 14.0. The summed E-state index contributed by atoms with van der Waals surface area (Å²) in [5.41, 5.74) is -0.360. The van der Waals surface area contributed by atoms with E-state index in [-0.39, 0.29) is 18.0 Å². The predicted octanol–water partition coefficient (Wildman–Crippen LogP) is 2.61. The van der Waals surface area contributed by atoms with Crippen LogP contribution < -0.4 is 5.32 Å². The molecule has 18 heavy (non-hydrogen) atoms. The van der Waals surface area contributed by atoms with Crippen LogP contribution in [0.3, 0.4) is 0 Å². The highest BCUT2D eigenvalue weighted by Crippen LogP contribution is 2.42. The van der Waals surface area contributed by atoms with Crippen LogP contribution in [0.5, 0.6) is 0 Å². The van der Waals surface area contributed by atoms with Gasteiger partial charge in [0.15, 0.2) is 0 Å². The monoisotopic (exact) mass is 273 g/mol. The molecule has 9 heteroatoms. The number of aromatic nitrogens is 2. The van der Waals surface area contributed by atoms with Gasteiger partial charge in [0, 0.05) is 5.54 Å². The van der Waals surface area contributed by atoms with Crippen molar-refractivity contribution >= 4 is 0 Å². The van der Waals surface area contributed by atoms with Crippen molar-refractivity contribution in [1.82, 2.24) is 15.5 Å². The van der Waals surface area contributed by atoms with Crippen LogP contribution in [0.25, 0.3) is 0 Å². The van der Waals surface area contributed by atoms with E-state index in [9.17, 15) is 22.0 Å². The molecule has 0 radical (unpaired) electrons. The fraction of sp³-hybridized carbons (Fsp3) is 0.778. The van der Waals surface area contributed by atoms with E-state index in [4.69, 9.17) is 0 Å². The van der Waals surface area contributed by atoms with Crippen molar-refractivity contribution in [3.05, 3.63) is 11.8 Å². The minimum atomic E-state index is -5.76. The van der Waals surface area contributed by atoms with E-state index in [0.717, 1.165) is 0 Å². The Kier molecular flexibility index (Phi) is 3.66. The fourth-order valence-corrected chi connectivity index (χ4v) is 0.914. The Balaban J connectivity index is 2.81. The van der Waals surface area contributed by atoms with Crippen molar-refractivity contribution in [3.8, 4) is 0 Å². The van der Waals surface area contributed by atoms with Gasteiger partial charge in [-0.3, -0.25) is 0 Å². The summed E-state index contributed by atoms with van der Waals surface area (Å²) in [4.78, 5) is 0. The first-order valence-electron chi connectivity index (χ1n) is 4.96. The number of hydrogen-bond acceptors (Lipinski definition) is 4. The molecule has 0 saturated carbocycles. The molecule has 1 aromatic rings. The maximum absolute atomic E-state index is 12.8. The first-order chi connectivity index (χ1) is 7.93. The van der Waals surface area contributed by atoms with Crippen molar-refractivity contribution in [2.75, 3.05) is 0 Å². The van der Waals surface area contributed by atoms with Gasteiger partial charge in [-0.2, -0.15) is 22.0 Å². The van der Waals surface area contributed by atoms with Crippen LogP contribution in [-0.4, -0.2) is 21.9 Å². The van der Waals surface area contributed by atoms with E-state index in [1.54, 1.807) is 20.8 Å². The smallest absolute Gasteiger partial charge is 0.418 e. The Morgan fingerprint density at radius 3 is 2.06 bits per heavy atom. The minimum Gasteiger partial charge on any atom is -0.418 e. The van der Waals surface area contributed by atoms with Crippen molar-refractivity contribution in [1.29, 1.82) is 0 Å². The number of alkyl halides is 5. The van der Waals surface area contributed by atoms with Crippen LogP contribution in [0.1, 0.15) is 32.6 Å². The molecule has 0 aliphatic rings. The van der Waals surface area contributed by atoms with E-state index in [0.29, 0.717) is 0 Å². The first-order valence-corrected chi connectivity index (χ1v) is 4.96. The van der Waals surface area contributed by atoms with E-state index >= 15 is 0 Å². The second-order valence-corrected chi connectivity index (χ2v) is 4.68. The van der Waals surface area contributed by atoms with Crippen molar-refractivity contribution in [2.45, 2.75) is 45.0 Å². The third-order valence-electron chi connectivity index (χ3n) is 1.86. The van der Waals surface area contributed by atoms with Crippen molar-refractivity contribution in [3.63, 3.8) is 0 Å². The highest BCUT2D eigenvalue weighted by molar-refractivity contribution is 4.96. The number of nitrogens with zero attached hydrogens (tertiary/aromatic N) is 2. The van der Waals surface area contributed by atoms with E-state index < -0.39 is 18.0 Å². The van der Waals surface area contributed by atoms with Crippen LogP contribution in [0.4, 0.5) is 22.0 Å². The van der Waals surface area contributed by atoms with Gasteiger partial charge in [0.1, 0.15) is 0 Å². The van der Waals surface area contributed by atoms with Crippen LogP contribution in [0.2, 0.25) is 0 Å². The number of nitrogens with one attached hydrogen (secondary N) is 1. The minimum absolute atomic E-state index is 0.0928. The summed E-state index contributed by atoms with van der Waals surface area (Å²) in [5.74, 6) is -7.22. The summed E-state index contributed by atoms with van der Waals surface area (Å²) in [7, 11) is 0. The van der Waals surface area contributed by atoms with E-state index in [1.807, 2.05) is 0 Å². The zero-order valence-electron chi connectivity index (χ0n) is 9.90. The first kappa shape index (κ1) is 14.8. The molecule has 1 rings (SSSR count). The van der Waals surface area contributed by atoms with Gasteiger partial charge in [-0.05, 0) is 20.8 Å². The maximum atomic E-state index is 12.8. The van der Waals surface area contributed by atoms with Gasteiger partial charge < -0.3 is 9.73 Å². The Morgan fingerprint density at radius 2 is 1.61 bits per heavy atom. The molecular formula is C9H12F5N3O. The standard InChI is InChI=1S/C9H12F5N3O/c1-7(2,3)15-4-5-16-17-6(18-5)8(10,11)9(12,13)14/h15H,4H2,1-3H3. The lowest BCUT2D eigenvalue weighted by Gasteiger charge is -2.18. The zero-order chi connectivity index (χ0) is 14.2. The predicted molar refractivity (Wildman–Crippen MR) is 50.8 cm³/mol. The molecule has 4 nitrogen and oxygen atoms in total. The molecule has 0 amide bonds. The topological polar surface area (TPSA) is 51.0 Å². The molecule has 0 fully saturated rings. The van der Waals surface area contributed by atoms with Crippen LogP contribution in [-0.2, 0) is 12.5 Å². The third-order valence-corrected chi connectivity index (χ3v) is 1.86. The molecule has 0 aliphatic heterocycles. The average molecular weight is 273 g/mol. The largest absolute Gasteiger partial charge is 0.463 e. The average Bonchev–Trinajstić information content (AvgIpc) is 2.60. The Hall–Kier alpha value is -1.25. The lowest BCUT2D eigenvalue weighted by atomic mass is 10.1. The summed E-state index contributed by atoms with van der Waals surface area (Å²) >= 11 is 0. The Morgan fingerprint density at radius 1 is 1.06 bits per heavy atom. The van der Waals surface area contributed by atoms with E-state index in [1.165, 1.54) is 0 Å². The lowest BCUT2D eigenvalue weighted by Crippen LogP contribution is -2.35. The zero-order valence-corrected chi connectivity index (χ0v) is 9.90. The van der Waals surface area contributed by atoms with Gasteiger partial charge in [0.2, 0.25) is 5.89 Å². The summed E-state index contributed by atoms with van der Waals surface area (Å²) in [6, 6.07) is 0. The molecule has 0 bridgehead atoms. The number of halogens is 5. The highest BCUT2D eigenvalue weighted by Gasteiger charge is 2.63. The second-order valence-electron chi connectivity index (χ2n) is 4.68. The summed E-state index contributed by atoms with van der Waals surface area (Å²) in [5, 5.41) is 8.69. The maximum Gasteiger partial charge on any atom is 0.463 e. The second kappa shape index (κ2) is 4.45. The molecule has 1 aromatic heterocycles. The SMILES string of the molecule is CC(C)(C)NCc1nnc(C(F)(F)C(F)(F)F)o1. The molecular weight excluding hydrogens is 261 g/mol. The van der Waals surface area contributed by atoms with Gasteiger partial charge in [0.25, 0.3) is 5.89 Å². The van der Waals surface area contributed by atoms with Crippen LogP contribution >= 0.6 is 0 Å². The third kappa shape index (κ3) is 3.37. The van der Waals surface area contributed by atoms with Gasteiger partial charge in [0.05, 0.1) is 6.54 Å². The lowest BCUT2D eigenvalue weighted by molar-refractivity contribution is -0.297. The quantitative estimate of drug-likeness (QED) is 0.860. The van der Waals surface area contributed by atoms with Crippen molar-refractivity contribution in [2.24, 2.45) is 0 Å². The van der Waals surface area contributed by atoms with Gasteiger partial charge in [-0.1, -0.05) is 0 Å². The van der Waals surface area contributed by atoms with Gasteiger partial charge >= 0.3 is 12.1 Å². The Labute approximate surface area is 99.6 Å². The van der Waals surface area contributed by atoms with Crippen LogP contribution in [0.15, 0.2) is 4.42 Å². The molecule has 1 N–H and O–H groups in total.